The molecule has 1 atom stereocenters. The maximum absolute atomic E-state index is 12.3. The summed E-state index contributed by atoms with van der Waals surface area (Å²) in [7, 11) is 0. The molecular formula is C12H16N2O. The average molecular weight is 204 g/mol. The Morgan fingerprint density at radius 1 is 1.60 bits per heavy atom. The molecule has 2 heterocycles. The highest BCUT2D eigenvalue weighted by Gasteiger charge is 2.37. The highest BCUT2D eigenvalue weighted by molar-refractivity contribution is 6.01. The molecule has 1 unspecified atom stereocenters. The van der Waals surface area contributed by atoms with Crippen LogP contribution in [0.5, 0.6) is 0 Å². The van der Waals surface area contributed by atoms with Gasteiger partial charge in [0, 0.05) is 29.9 Å². The zero-order valence-electron chi connectivity index (χ0n) is 9.21. The molecule has 1 saturated heterocycles. The van der Waals surface area contributed by atoms with Crippen LogP contribution in [0.15, 0.2) is 18.5 Å². The summed E-state index contributed by atoms with van der Waals surface area (Å²) in [4.78, 5) is 16.3. The second kappa shape index (κ2) is 3.74. The lowest BCUT2D eigenvalue weighted by molar-refractivity contribution is 0.0838. The van der Waals surface area contributed by atoms with E-state index in [0.29, 0.717) is 0 Å². The minimum absolute atomic E-state index is 0.220. The number of ketones is 1. The maximum Gasteiger partial charge on any atom is 0.171 e. The zero-order valence-corrected chi connectivity index (χ0v) is 9.21. The Balaban J connectivity index is 2.32. The van der Waals surface area contributed by atoms with Crippen molar-refractivity contribution in [1.82, 2.24) is 10.3 Å². The number of carbonyl (C=O) groups is 1. The van der Waals surface area contributed by atoms with E-state index < -0.39 is 0 Å². The van der Waals surface area contributed by atoms with Gasteiger partial charge in [0.1, 0.15) is 0 Å². The Labute approximate surface area is 89.9 Å². The van der Waals surface area contributed by atoms with Gasteiger partial charge < -0.3 is 5.32 Å². The molecule has 3 heteroatoms. The van der Waals surface area contributed by atoms with Gasteiger partial charge in [-0.3, -0.25) is 9.78 Å². The summed E-state index contributed by atoms with van der Waals surface area (Å²) in [5.74, 6) is 0.220. The van der Waals surface area contributed by atoms with Gasteiger partial charge in [-0.2, -0.15) is 0 Å². The molecular weight excluding hydrogens is 188 g/mol. The van der Waals surface area contributed by atoms with Crippen LogP contribution >= 0.6 is 0 Å². The molecule has 15 heavy (non-hydrogen) atoms. The maximum atomic E-state index is 12.3. The van der Waals surface area contributed by atoms with E-state index in [9.17, 15) is 4.79 Å². The van der Waals surface area contributed by atoms with Crippen molar-refractivity contribution >= 4 is 5.78 Å². The van der Waals surface area contributed by atoms with Gasteiger partial charge in [0.05, 0.1) is 0 Å². The Kier molecular flexibility index (Phi) is 2.57. The third-order valence-corrected chi connectivity index (χ3v) is 3.20. The number of Topliss-reactive ketones (excluding diaryl/α,β-unsaturated/α-hetero) is 1. The smallest absolute Gasteiger partial charge is 0.171 e. The highest BCUT2D eigenvalue weighted by Crippen LogP contribution is 2.29. The minimum Gasteiger partial charge on any atom is -0.316 e. The molecule has 0 spiro atoms. The molecule has 0 aliphatic carbocycles. The molecule has 1 fully saturated rings. The van der Waals surface area contributed by atoms with E-state index in [1.807, 2.05) is 19.9 Å². The van der Waals surface area contributed by atoms with Gasteiger partial charge in [-0.1, -0.05) is 6.92 Å². The Morgan fingerprint density at radius 3 is 3.00 bits per heavy atom. The fourth-order valence-corrected chi connectivity index (χ4v) is 2.04. The van der Waals surface area contributed by atoms with Crippen LogP contribution in [0.4, 0.5) is 0 Å². The molecule has 0 radical (unpaired) electrons. The normalized spacial score (nSPS) is 25.5. The second-order valence-corrected chi connectivity index (χ2v) is 4.51. The zero-order chi connectivity index (χ0) is 10.9. The largest absolute Gasteiger partial charge is 0.316 e. The van der Waals surface area contributed by atoms with E-state index in [4.69, 9.17) is 0 Å². The summed E-state index contributed by atoms with van der Waals surface area (Å²) in [6, 6.07) is 1.89. The molecule has 80 valence electrons. The van der Waals surface area contributed by atoms with Crippen LogP contribution in [-0.2, 0) is 0 Å². The van der Waals surface area contributed by atoms with Gasteiger partial charge in [-0.25, -0.2) is 0 Å². The van der Waals surface area contributed by atoms with Crippen molar-refractivity contribution in [2.75, 3.05) is 13.1 Å². The fraction of sp³-hybridized carbons (Fsp3) is 0.500. The van der Waals surface area contributed by atoms with Crippen LogP contribution in [0.25, 0.3) is 0 Å². The second-order valence-electron chi connectivity index (χ2n) is 4.51. The summed E-state index contributed by atoms with van der Waals surface area (Å²) in [6.45, 7) is 5.70. The predicted molar refractivity (Wildman–Crippen MR) is 58.9 cm³/mol. The van der Waals surface area contributed by atoms with Crippen LogP contribution < -0.4 is 5.32 Å². The first-order valence-electron chi connectivity index (χ1n) is 5.30. The lowest BCUT2D eigenvalue weighted by Gasteiger charge is -2.21. The molecule has 0 aromatic carbocycles. The Bertz CT molecular complexity index is 381. The van der Waals surface area contributed by atoms with Crippen molar-refractivity contribution < 1.29 is 4.79 Å². The monoisotopic (exact) mass is 204 g/mol. The number of aromatic nitrogens is 1. The number of rotatable bonds is 2. The first kappa shape index (κ1) is 10.3. The van der Waals surface area contributed by atoms with E-state index in [2.05, 4.69) is 10.3 Å². The van der Waals surface area contributed by atoms with Gasteiger partial charge in [0.25, 0.3) is 0 Å². The standard InChI is InChI=1S/C12H16N2O/c1-9-3-5-13-7-10(9)11(15)12(2)4-6-14-8-12/h3,5,7,14H,4,6,8H2,1-2H3. The molecule has 3 nitrogen and oxygen atoms in total. The van der Waals surface area contributed by atoms with E-state index >= 15 is 0 Å². The molecule has 1 aliphatic heterocycles. The van der Waals surface area contributed by atoms with Crippen LogP contribution in [0, 0.1) is 12.3 Å². The molecule has 1 aromatic heterocycles. The number of hydrogen-bond donors (Lipinski definition) is 1. The van der Waals surface area contributed by atoms with Gasteiger partial charge in [-0.05, 0) is 31.5 Å². The average Bonchev–Trinajstić information content (AvgIpc) is 2.66. The summed E-state index contributed by atoms with van der Waals surface area (Å²) >= 11 is 0. The lowest BCUT2D eigenvalue weighted by Crippen LogP contribution is -2.30. The molecule has 2 rings (SSSR count). The lowest BCUT2D eigenvalue weighted by atomic mass is 9.81. The Hall–Kier alpha value is -1.22. The van der Waals surface area contributed by atoms with Crippen molar-refractivity contribution in [1.29, 1.82) is 0 Å². The van der Waals surface area contributed by atoms with Gasteiger partial charge in [-0.15, -0.1) is 0 Å². The predicted octanol–water partition coefficient (Wildman–Crippen LogP) is 1.57. The number of nitrogens with one attached hydrogen (secondary N) is 1. The quantitative estimate of drug-likeness (QED) is 0.743. The topological polar surface area (TPSA) is 42.0 Å². The summed E-state index contributed by atoms with van der Waals surface area (Å²) < 4.78 is 0. The summed E-state index contributed by atoms with van der Waals surface area (Å²) in [5.41, 5.74) is 1.54. The third-order valence-electron chi connectivity index (χ3n) is 3.20. The SMILES string of the molecule is Cc1ccncc1C(=O)C1(C)CCNC1. The summed E-state index contributed by atoms with van der Waals surface area (Å²) in [5, 5.41) is 3.24. The summed E-state index contributed by atoms with van der Waals surface area (Å²) in [6.07, 6.45) is 4.32. The van der Waals surface area contributed by atoms with E-state index in [-0.39, 0.29) is 11.2 Å². The highest BCUT2D eigenvalue weighted by atomic mass is 16.1. The molecule has 1 aromatic rings. The van der Waals surface area contributed by atoms with Crippen LogP contribution in [0.3, 0.4) is 0 Å². The molecule has 0 saturated carbocycles. The van der Waals surface area contributed by atoms with E-state index in [0.717, 1.165) is 30.6 Å². The minimum atomic E-state index is -0.242. The van der Waals surface area contributed by atoms with E-state index in [1.54, 1.807) is 12.4 Å². The Morgan fingerprint density at radius 2 is 2.40 bits per heavy atom. The van der Waals surface area contributed by atoms with Crippen LogP contribution in [0.2, 0.25) is 0 Å². The van der Waals surface area contributed by atoms with Crippen molar-refractivity contribution in [2.24, 2.45) is 5.41 Å². The molecule has 0 bridgehead atoms. The van der Waals surface area contributed by atoms with E-state index in [1.165, 1.54) is 0 Å². The fourth-order valence-electron chi connectivity index (χ4n) is 2.04. The van der Waals surface area contributed by atoms with Crippen molar-refractivity contribution in [3.8, 4) is 0 Å². The van der Waals surface area contributed by atoms with Gasteiger partial charge in [0.15, 0.2) is 5.78 Å². The van der Waals surface area contributed by atoms with Gasteiger partial charge >= 0.3 is 0 Å². The molecule has 1 aliphatic rings. The third kappa shape index (κ3) is 1.79. The number of nitrogens with zero attached hydrogens (tertiary/aromatic N) is 1. The number of pyridine rings is 1. The van der Waals surface area contributed by atoms with Crippen molar-refractivity contribution in [3.05, 3.63) is 29.6 Å². The van der Waals surface area contributed by atoms with Gasteiger partial charge in [0.2, 0.25) is 0 Å². The molecule has 1 N–H and O–H groups in total. The molecule has 0 amide bonds. The van der Waals surface area contributed by atoms with Crippen LogP contribution in [0.1, 0.15) is 29.3 Å². The number of hydrogen-bond acceptors (Lipinski definition) is 3. The van der Waals surface area contributed by atoms with Crippen LogP contribution in [-0.4, -0.2) is 23.9 Å². The van der Waals surface area contributed by atoms with Crippen molar-refractivity contribution in [3.63, 3.8) is 0 Å². The van der Waals surface area contributed by atoms with Crippen molar-refractivity contribution in [2.45, 2.75) is 20.3 Å². The first-order valence-corrected chi connectivity index (χ1v) is 5.30. The number of carbonyl (C=O) groups excluding carboxylic acids is 1. The first-order chi connectivity index (χ1) is 7.13. The number of aryl methyl sites for hydroxylation is 1.